The molecule has 13 heteroatoms. The van der Waals surface area contributed by atoms with Gasteiger partial charge in [0.05, 0.1) is 17.5 Å². The van der Waals surface area contributed by atoms with Gasteiger partial charge in [0.25, 0.3) is 11.8 Å². The van der Waals surface area contributed by atoms with Gasteiger partial charge < -0.3 is 15.3 Å². The van der Waals surface area contributed by atoms with Crippen molar-refractivity contribution in [2.75, 3.05) is 11.9 Å². The predicted octanol–water partition coefficient (Wildman–Crippen LogP) is 3.13. The highest BCUT2D eigenvalue weighted by Crippen LogP contribution is 2.65. The van der Waals surface area contributed by atoms with Gasteiger partial charge in [0.15, 0.2) is 21.3 Å². The number of imide groups is 2. The van der Waals surface area contributed by atoms with E-state index in [4.69, 9.17) is 23.2 Å². The van der Waals surface area contributed by atoms with Gasteiger partial charge in [-0.1, -0.05) is 17.7 Å². The number of phenolic OH excluding ortho intramolecular Hbond substituents is 1. The monoisotopic (exact) mass is 602 g/mol. The third-order valence-electron chi connectivity index (χ3n) is 8.79. The molecule has 6 rings (SSSR count). The van der Waals surface area contributed by atoms with Crippen molar-refractivity contribution in [3.05, 3.63) is 65.0 Å². The van der Waals surface area contributed by atoms with Crippen LogP contribution in [0.15, 0.2) is 48.0 Å². The Morgan fingerprint density at radius 1 is 0.976 bits per heavy atom. The van der Waals surface area contributed by atoms with Gasteiger partial charge in [0.2, 0.25) is 11.8 Å². The van der Waals surface area contributed by atoms with Crippen molar-refractivity contribution in [3.8, 4) is 11.5 Å². The summed E-state index contributed by atoms with van der Waals surface area (Å²) in [6, 6.07) is 6.75. The molecule has 0 bridgehead atoms. The number of hydrogen-bond donors (Lipinski definition) is 3. The third kappa shape index (κ3) is 3.39. The lowest BCUT2D eigenvalue weighted by Gasteiger charge is -2.50. The summed E-state index contributed by atoms with van der Waals surface area (Å²) in [6.45, 7) is 0. The summed E-state index contributed by atoms with van der Waals surface area (Å²) in [4.78, 5) is 63.2. The molecule has 0 unspecified atom stereocenters. The molecule has 6 atom stereocenters. The SMILES string of the molecule is CN1C(=O)[C@]2(Cl)C[C@@H]3C(=CC[C@@H]4C(=O)N(c5ccc(C(=O)O)c(O)c5)C(=O)[C@@H]43)[C@H](c3ccc(O)c(F)c3)[C@]2(Cl)C1=O. The number of aromatic carboxylic acids is 1. The number of carbonyl (C=O) groups excluding carboxylic acids is 4. The summed E-state index contributed by atoms with van der Waals surface area (Å²) in [6.07, 6.45) is 1.44. The van der Waals surface area contributed by atoms with Gasteiger partial charge in [-0.25, -0.2) is 14.1 Å². The van der Waals surface area contributed by atoms with E-state index in [2.05, 4.69) is 0 Å². The van der Waals surface area contributed by atoms with E-state index in [1.807, 2.05) is 0 Å². The second-order valence-electron chi connectivity index (χ2n) is 10.7. The quantitative estimate of drug-likeness (QED) is 0.275. The normalized spacial score (nSPS) is 32.5. The Morgan fingerprint density at radius 2 is 1.68 bits per heavy atom. The zero-order valence-electron chi connectivity index (χ0n) is 21.2. The number of likely N-dealkylation sites (tertiary alicyclic amines) is 1. The summed E-state index contributed by atoms with van der Waals surface area (Å²) >= 11 is 14.0. The number of nitrogens with zero attached hydrogens (tertiary/aromatic N) is 2. The molecule has 3 N–H and O–H groups in total. The van der Waals surface area contributed by atoms with Gasteiger partial charge in [-0.15, -0.1) is 23.2 Å². The van der Waals surface area contributed by atoms with E-state index in [1.54, 1.807) is 6.08 Å². The molecule has 3 fully saturated rings. The van der Waals surface area contributed by atoms with Crippen molar-refractivity contribution in [1.29, 1.82) is 0 Å². The highest BCUT2D eigenvalue weighted by Gasteiger charge is 2.75. The number of fused-ring (bicyclic) bond motifs is 4. The number of carboxylic acids is 1. The fourth-order valence-electron chi connectivity index (χ4n) is 6.91. The Morgan fingerprint density at radius 3 is 2.32 bits per heavy atom. The zero-order chi connectivity index (χ0) is 29.8. The number of anilines is 1. The van der Waals surface area contributed by atoms with Crippen LogP contribution in [0.3, 0.4) is 0 Å². The van der Waals surface area contributed by atoms with Crippen molar-refractivity contribution in [2.45, 2.75) is 28.5 Å². The van der Waals surface area contributed by atoms with Crippen LogP contribution in [0.25, 0.3) is 0 Å². The molecule has 0 radical (unpaired) electrons. The largest absolute Gasteiger partial charge is 0.507 e. The molecule has 212 valence electrons. The minimum Gasteiger partial charge on any atom is -0.507 e. The van der Waals surface area contributed by atoms with Gasteiger partial charge >= 0.3 is 5.97 Å². The summed E-state index contributed by atoms with van der Waals surface area (Å²) in [5, 5.41) is 29.2. The summed E-state index contributed by atoms with van der Waals surface area (Å²) in [5.74, 6) is -10.5. The molecule has 2 aliphatic carbocycles. The number of carbonyl (C=O) groups is 5. The molecule has 10 nitrogen and oxygen atoms in total. The number of alkyl halides is 2. The van der Waals surface area contributed by atoms with Gasteiger partial charge in [-0.05, 0) is 48.6 Å². The second kappa shape index (κ2) is 8.77. The van der Waals surface area contributed by atoms with Crippen molar-refractivity contribution in [3.63, 3.8) is 0 Å². The number of aromatic hydroxyl groups is 2. The number of rotatable bonds is 3. The van der Waals surface area contributed by atoms with Gasteiger partial charge in [-0.2, -0.15) is 0 Å². The van der Waals surface area contributed by atoms with Crippen LogP contribution in [0.1, 0.15) is 34.7 Å². The summed E-state index contributed by atoms with van der Waals surface area (Å²) in [7, 11) is 1.23. The summed E-state index contributed by atoms with van der Waals surface area (Å²) < 4.78 is 14.6. The maximum Gasteiger partial charge on any atom is 0.339 e. The van der Waals surface area contributed by atoms with E-state index in [0.29, 0.717) is 5.57 Å². The van der Waals surface area contributed by atoms with Crippen LogP contribution in [0.4, 0.5) is 10.1 Å². The number of carboxylic acid groups (broad SMARTS) is 1. The van der Waals surface area contributed by atoms with E-state index in [1.165, 1.54) is 19.2 Å². The molecule has 2 aromatic carbocycles. The fraction of sp³-hybridized carbons (Fsp3) is 0.321. The van der Waals surface area contributed by atoms with E-state index in [9.17, 15) is 43.7 Å². The first-order valence-corrected chi connectivity index (χ1v) is 13.3. The third-order valence-corrected chi connectivity index (χ3v) is 10.2. The Balaban J connectivity index is 1.49. The standard InChI is InChI=1S/C28H21Cl2FN2O8/c1-32-25(40)27(29)10-16-13(21(28(27,30)26(32)41)11-2-7-18(34)17(31)8-11)5-6-15-20(16)23(37)33(22(15)36)12-3-4-14(24(38)39)19(35)9-12/h2-5,7-9,15-16,20-21,34-35H,6,10H2,1H3,(H,38,39)/t15-,16+,20-,21-,27+,28-/m0/s1. The highest BCUT2D eigenvalue weighted by molar-refractivity contribution is 6.53. The lowest BCUT2D eigenvalue weighted by molar-refractivity contribution is -0.138. The first-order valence-electron chi connectivity index (χ1n) is 12.6. The van der Waals surface area contributed by atoms with Crippen LogP contribution in [0, 0.1) is 23.6 Å². The zero-order valence-corrected chi connectivity index (χ0v) is 22.7. The first-order chi connectivity index (χ1) is 19.2. The molecule has 1 saturated carbocycles. The van der Waals surface area contributed by atoms with E-state index < -0.39 is 85.9 Å². The van der Waals surface area contributed by atoms with Crippen LogP contribution in [-0.4, -0.2) is 66.6 Å². The summed E-state index contributed by atoms with van der Waals surface area (Å²) in [5.41, 5.74) is 0.132. The van der Waals surface area contributed by atoms with Crippen LogP contribution in [0.5, 0.6) is 11.5 Å². The lowest BCUT2D eigenvalue weighted by atomic mass is 9.56. The van der Waals surface area contributed by atoms with E-state index in [0.717, 1.165) is 34.1 Å². The Kier molecular flexibility index (Phi) is 5.82. The number of amides is 4. The molecule has 2 aliphatic heterocycles. The highest BCUT2D eigenvalue weighted by atomic mass is 35.5. The second-order valence-corrected chi connectivity index (χ2v) is 12.0. The molecule has 4 aliphatic rings. The number of halogens is 3. The smallest absolute Gasteiger partial charge is 0.339 e. The number of hydrogen-bond acceptors (Lipinski definition) is 7. The van der Waals surface area contributed by atoms with Crippen LogP contribution in [0.2, 0.25) is 0 Å². The minimum absolute atomic E-state index is 0.0365. The number of allylic oxidation sites excluding steroid dienone is 2. The van der Waals surface area contributed by atoms with Crippen molar-refractivity contribution < 1.29 is 43.7 Å². The molecule has 2 heterocycles. The Labute approximate surface area is 241 Å². The lowest BCUT2D eigenvalue weighted by Crippen LogP contribution is -2.60. The molecule has 4 amide bonds. The fourth-order valence-corrected chi connectivity index (χ4v) is 7.93. The van der Waals surface area contributed by atoms with Crippen LogP contribution >= 0.6 is 23.2 Å². The number of phenols is 2. The molecule has 2 aromatic rings. The van der Waals surface area contributed by atoms with Gasteiger partial charge in [-0.3, -0.25) is 24.1 Å². The predicted molar refractivity (Wildman–Crippen MR) is 141 cm³/mol. The van der Waals surface area contributed by atoms with Gasteiger partial charge in [0, 0.05) is 19.0 Å². The topological polar surface area (TPSA) is 153 Å². The van der Waals surface area contributed by atoms with Crippen molar-refractivity contribution in [1.82, 2.24) is 4.90 Å². The van der Waals surface area contributed by atoms with Crippen molar-refractivity contribution in [2.24, 2.45) is 17.8 Å². The van der Waals surface area contributed by atoms with Crippen LogP contribution < -0.4 is 4.90 Å². The number of benzene rings is 2. The molecule has 41 heavy (non-hydrogen) atoms. The molecule has 0 aromatic heterocycles. The Hall–Kier alpha value is -3.96. The maximum atomic E-state index is 14.6. The van der Waals surface area contributed by atoms with Crippen LogP contribution in [-0.2, 0) is 19.2 Å². The maximum absolute atomic E-state index is 14.6. The van der Waals surface area contributed by atoms with E-state index in [-0.39, 0.29) is 24.1 Å². The average Bonchev–Trinajstić information content (AvgIpc) is 3.25. The molecular weight excluding hydrogens is 582 g/mol. The minimum atomic E-state index is -2.09. The molecular formula is C28H21Cl2FN2O8. The van der Waals surface area contributed by atoms with Crippen molar-refractivity contribution >= 4 is 58.5 Å². The Bertz CT molecular complexity index is 1640. The molecule has 0 spiro atoms. The first kappa shape index (κ1) is 27.2. The average molecular weight is 603 g/mol. The van der Waals surface area contributed by atoms with Gasteiger partial charge in [0.1, 0.15) is 11.3 Å². The molecule has 2 saturated heterocycles. The van der Waals surface area contributed by atoms with E-state index >= 15 is 0 Å².